The minimum absolute atomic E-state index is 0.165. The van der Waals surface area contributed by atoms with Crippen LogP contribution in [0.5, 0.6) is 0 Å². The largest absolute Gasteiger partial charge is 0.383 e. The van der Waals surface area contributed by atoms with Crippen LogP contribution in [0.1, 0.15) is 43.7 Å². The number of carbonyl (C=O) groups is 1. The van der Waals surface area contributed by atoms with Gasteiger partial charge in [-0.2, -0.15) is 0 Å². The quantitative estimate of drug-likeness (QED) is 0.689. The number of piperidine rings is 2. The Morgan fingerprint density at radius 3 is 2.37 bits per heavy atom. The molecule has 1 aliphatic carbocycles. The molecule has 166 valence electrons. The summed E-state index contributed by atoms with van der Waals surface area (Å²) < 4.78 is 5.19. The highest BCUT2D eigenvalue weighted by molar-refractivity contribution is 5.79. The van der Waals surface area contributed by atoms with Crippen molar-refractivity contribution in [1.29, 1.82) is 0 Å². The van der Waals surface area contributed by atoms with E-state index in [1.54, 1.807) is 18.2 Å². The van der Waals surface area contributed by atoms with Crippen LogP contribution in [-0.2, 0) is 22.4 Å². The molecule has 4 rings (SSSR count). The number of carbonyl (C=O) groups excluding carboxylic acids is 1. The third-order valence-corrected chi connectivity index (χ3v) is 7.62. The van der Waals surface area contributed by atoms with E-state index in [2.05, 4.69) is 41.0 Å². The van der Waals surface area contributed by atoms with Crippen LogP contribution >= 0.6 is 0 Å². The number of nitrogens with zero attached hydrogens (tertiary/aromatic N) is 3. The van der Waals surface area contributed by atoms with Gasteiger partial charge in [-0.15, -0.1) is 0 Å². The lowest BCUT2D eigenvalue weighted by molar-refractivity contribution is -0.138. The van der Waals surface area contributed by atoms with Crippen molar-refractivity contribution >= 4 is 5.91 Å². The number of fused-ring (bicyclic) bond motifs is 1. The molecule has 0 bridgehead atoms. The predicted molar refractivity (Wildman–Crippen MR) is 121 cm³/mol. The molecule has 2 heterocycles. The number of benzene rings is 1. The van der Waals surface area contributed by atoms with Crippen LogP contribution in [0, 0.1) is 5.92 Å². The average molecular weight is 414 g/mol. The fourth-order valence-electron chi connectivity index (χ4n) is 5.83. The summed E-state index contributed by atoms with van der Waals surface area (Å²) in [4.78, 5) is 20.4. The Hall–Kier alpha value is -1.43. The van der Waals surface area contributed by atoms with Gasteiger partial charge < -0.3 is 9.64 Å². The van der Waals surface area contributed by atoms with Gasteiger partial charge in [-0.25, -0.2) is 0 Å². The fourth-order valence-corrected chi connectivity index (χ4v) is 5.83. The summed E-state index contributed by atoms with van der Waals surface area (Å²) in [5.74, 6) is 0.498. The Kier molecular flexibility index (Phi) is 7.45. The van der Waals surface area contributed by atoms with E-state index in [-0.39, 0.29) is 5.92 Å². The monoisotopic (exact) mass is 413 g/mol. The van der Waals surface area contributed by atoms with Crippen LogP contribution in [-0.4, -0.2) is 85.7 Å². The van der Waals surface area contributed by atoms with Crippen molar-refractivity contribution in [2.24, 2.45) is 5.92 Å². The molecule has 1 amide bonds. The Labute approximate surface area is 182 Å². The first kappa shape index (κ1) is 21.8. The molecule has 1 atom stereocenters. The van der Waals surface area contributed by atoms with Crippen LogP contribution in [0.3, 0.4) is 0 Å². The number of ether oxygens (including phenoxy) is 1. The summed E-state index contributed by atoms with van der Waals surface area (Å²) >= 11 is 0. The van der Waals surface area contributed by atoms with E-state index in [4.69, 9.17) is 4.74 Å². The SMILES string of the molecule is CCN(CCOC)C(=O)[C@H]1CCCN(C2CCN(C3Cc4ccccc4C3)CC2)C1. The minimum Gasteiger partial charge on any atom is -0.383 e. The standard InChI is InChI=1S/C25H39N3O2/c1-3-26(15-16-30-2)25(29)22-9-6-12-28(19-22)23-10-13-27(14-11-23)24-17-20-7-4-5-8-21(20)18-24/h4-5,7-8,22-24H,3,6,9-19H2,1-2H3/t22-/m0/s1. The van der Waals surface area contributed by atoms with Gasteiger partial charge in [0.25, 0.3) is 0 Å². The highest BCUT2D eigenvalue weighted by Gasteiger charge is 2.35. The summed E-state index contributed by atoms with van der Waals surface area (Å²) in [6.45, 7) is 8.70. The normalized spacial score (nSPS) is 24.1. The van der Waals surface area contributed by atoms with Gasteiger partial charge in [0.05, 0.1) is 12.5 Å². The Balaban J connectivity index is 1.27. The number of likely N-dealkylation sites (tertiary alicyclic amines) is 2. The summed E-state index contributed by atoms with van der Waals surface area (Å²) in [6, 6.07) is 10.3. The highest BCUT2D eigenvalue weighted by Crippen LogP contribution is 2.30. The molecule has 0 N–H and O–H groups in total. The lowest BCUT2D eigenvalue weighted by atomic mass is 9.92. The van der Waals surface area contributed by atoms with Crippen molar-refractivity contribution in [3.63, 3.8) is 0 Å². The molecule has 1 aromatic carbocycles. The lowest BCUT2D eigenvalue weighted by Gasteiger charge is -2.44. The van der Waals surface area contributed by atoms with E-state index < -0.39 is 0 Å². The molecule has 2 aliphatic heterocycles. The van der Waals surface area contributed by atoms with Crippen molar-refractivity contribution in [2.45, 2.75) is 57.5 Å². The van der Waals surface area contributed by atoms with E-state index in [0.717, 1.165) is 32.5 Å². The first-order valence-electron chi connectivity index (χ1n) is 12.0. The zero-order chi connectivity index (χ0) is 20.9. The zero-order valence-electron chi connectivity index (χ0n) is 18.9. The maximum atomic E-state index is 13.0. The molecule has 2 saturated heterocycles. The summed E-state index contributed by atoms with van der Waals surface area (Å²) in [5.41, 5.74) is 3.10. The van der Waals surface area contributed by atoms with Crippen molar-refractivity contribution in [1.82, 2.24) is 14.7 Å². The van der Waals surface area contributed by atoms with E-state index >= 15 is 0 Å². The topological polar surface area (TPSA) is 36.0 Å². The maximum Gasteiger partial charge on any atom is 0.227 e. The van der Waals surface area contributed by atoms with Crippen LogP contribution < -0.4 is 0 Å². The van der Waals surface area contributed by atoms with Gasteiger partial charge in [0.1, 0.15) is 0 Å². The van der Waals surface area contributed by atoms with Gasteiger partial charge in [0.15, 0.2) is 0 Å². The maximum absolute atomic E-state index is 13.0. The van der Waals surface area contributed by atoms with Crippen LogP contribution in [0.25, 0.3) is 0 Å². The smallest absolute Gasteiger partial charge is 0.227 e. The number of amides is 1. The first-order valence-corrected chi connectivity index (χ1v) is 12.0. The van der Waals surface area contributed by atoms with E-state index in [9.17, 15) is 4.79 Å². The number of methoxy groups -OCH3 is 1. The molecule has 0 spiro atoms. The molecule has 3 aliphatic rings. The second kappa shape index (κ2) is 10.3. The van der Waals surface area contributed by atoms with Crippen LogP contribution in [0.2, 0.25) is 0 Å². The number of rotatable bonds is 7. The second-order valence-electron chi connectivity index (χ2n) is 9.34. The van der Waals surface area contributed by atoms with E-state index in [0.29, 0.717) is 31.1 Å². The number of likely N-dealkylation sites (N-methyl/N-ethyl adjacent to an activating group) is 1. The molecule has 0 unspecified atom stereocenters. The summed E-state index contributed by atoms with van der Waals surface area (Å²) in [5, 5.41) is 0. The van der Waals surface area contributed by atoms with Gasteiger partial charge in [-0.3, -0.25) is 14.6 Å². The molecular weight excluding hydrogens is 374 g/mol. The second-order valence-corrected chi connectivity index (χ2v) is 9.34. The average Bonchev–Trinajstić information content (AvgIpc) is 3.24. The third kappa shape index (κ3) is 4.90. The van der Waals surface area contributed by atoms with Crippen LogP contribution in [0.4, 0.5) is 0 Å². The number of hydrogen-bond acceptors (Lipinski definition) is 4. The zero-order valence-corrected chi connectivity index (χ0v) is 18.9. The Bertz CT molecular complexity index is 676. The molecule has 2 fully saturated rings. The molecule has 5 nitrogen and oxygen atoms in total. The van der Waals surface area contributed by atoms with Crippen molar-refractivity contribution in [3.05, 3.63) is 35.4 Å². The van der Waals surface area contributed by atoms with Crippen molar-refractivity contribution < 1.29 is 9.53 Å². The molecule has 5 heteroatoms. The van der Waals surface area contributed by atoms with Crippen molar-refractivity contribution in [2.75, 3.05) is 53.0 Å². The van der Waals surface area contributed by atoms with Crippen LogP contribution in [0.15, 0.2) is 24.3 Å². The first-order chi connectivity index (χ1) is 14.7. The Morgan fingerprint density at radius 2 is 1.73 bits per heavy atom. The fraction of sp³-hybridized carbons (Fsp3) is 0.720. The molecule has 30 heavy (non-hydrogen) atoms. The van der Waals surface area contributed by atoms with Gasteiger partial charge in [0, 0.05) is 38.8 Å². The lowest BCUT2D eigenvalue weighted by Crippen LogP contribution is -2.52. The summed E-state index contributed by atoms with van der Waals surface area (Å²) in [6.07, 6.45) is 7.11. The van der Waals surface area contributed by atoms with E-state index in [1.807, 2.05) is 4.90 Å². The molecule has 1 aromatic rings. The molecule has 0 radical (unpaired) electrons. The highest BCUT2D eigenvalue weighted by atomic mass is 16.5. The minimum atomic E-state index is 0.165. The van der Waals surface area contributed by atoms with E-state index in [1.165, 1.54) is 38.8 Å². The molecular formula is C25H39N3O2. The summed E-state index contributed by atoms with van der Waals surface area (Å²) in [7, 11) is 1.71. The molecule has 0 saturated carbocycles. The van der Waals surface area contributed by atoms with Gasteiger partial charge >= 0.3 is 0 Å². The Morgan fingerprint density at radius 1 is 1.03 bits per heavy atom. The molecule has 0 aromatic heterocycles. The third-order valence-electron chi connectivity index (χ3n) is 7.62. The van der Waals surface area contributed by atoms with Crippen molar-refractivity contribution in [3.8, 4) is 0 Å². The predicted octanol–water partition coefficient (Wildman–Crippen LogP) is 2.83. The number of hydrogen-bond donors (Lipinski definition) is 0. The van der Waals surface area contributed by atoms with Gasteiger partial charge in [-0.05, 0) is 76.2 Å². The van der Waals surface area contributed by atoms with Gasteiger partial charge in [0.2, 0.25) is 5.91 Å². The van der Waals surface area contributed by atoms with Gasteiger partial charge in [-0.1, -0.05) is 24.3 Å².